The molecule has 0 saturated carbocycles. The Morgan fingerprint density at radius 1 is 1.13 bits per heavy atom. The maximum absolute atomic E-state index is 10.8. The molecule has 0 rings (SSSR count). The summed E-state index contributed by atoms with van der Waals surface area (Å²) in [5, 5.41) is 0. The lowest BCUT2D eigenvalue weighted by atomic mass is 10.2. The summed E-state index contributed by atoms with van der Waals surface area (Å²) in [6.45, 7) is 9.18. The monoisotopic (exact) mass is 232 g/mol. The molecule has 0 aromatic heterocycles. The largest absolute Gasteiger partial charge is 0.395 e. The van der Waals surface area contributed by atoms with Gasteiger partial charge in [-0.15, -0.1) is 0 Å². The Balaban J connectivity index is 3.79. The number of rotatable bonds is 9. The molecule has 0 N–H and O–H groups in total. The van der Waals surface area contributed by atoms with Crippen molar-refractivity contribution in [3.05, 3.63) is 0 Å². The minimum atomic E-state index is -1.93. The van der Waals surface area contributed by atoms with Crippen molar-refractivity contribution < 1.29 is 13.6 Å². The van der Waals surface area contributed by atoms with Crippen molar-refractivity contribution in [2.75, 3.05) is 13.2 Å². The summed E-state index contributed by atoms with van der Waals surface area (Å²) in [5.74, 6) is 0.270. The molecule has 0 aliphatic rings. The van der Waals surface area contributed by atoms with Crippen LogP contribution in [-0.2, 0) is 13.6 Å². The van der Waals surface area contributed by atoms with Gasteiger partial charge in [0.15, 0.2) is 0 Å². The van der Waals surface area contributed by atoms with E-state index < -0.39 is 8.56 Å². The van der Waals surface area contributed by atoms with Gasteiger partial charge in [-0.25, -0.2) is 0 Å². The van der Waals surface area contributed by atoms with E-state index in [4.69, 9.17) is 8.85 Å². The fraction of sp³-hybridized carbons (Fsp3) is 0.909. The summed E-state index contributed by atoms with van der Waals surface area (Å²) in [7, 11) is -1.93. The van der Waals surface area contributed by atoms with Crippen LogP contribution in [0.25, 0.3) is 0 Å². The molecule has 3 nitrogen and oxygen atoms in total. The molecule has 0 unspecified atom stereocenters. The summed E-state index contributed by atoms with van der Waals surface area (Å²) in [6.07, 6.45) is 2.67. The lowest BCUT2D eigenvalue weighted by Gasteiger charge is -2.25. The molecule has 90 valence electrons. The molecule has 0 fully saturated rings. The first-order chi connectivity index (χ1) is 7.04. The Morgan fingerprint density at radius 2 is 1.67 bits per heavy atom. The first-order valence-electron chi connectivity index (χ1n) is 5.81. The minimum absolute atomic E-state index is 0.270. The van der Waals surface area contributed by atoms with Crippen molar-refractivity contribution >= 4 is 14.3 Å². The zero-order valence-corrected chi connectivity index (χ0v) is 11.5. The number of hydrogen-bond donors (Lipinski definition) is 0. The van der Waals surface area contributed by atoms with Crippen molar-refractivity contribution in [1.82, 2.24) is 0 Å². The van der Waals surface area contributed by atoms with E-state index in [-0.39, 0.29) is 5.78 Å². The van der Waals surface area contributed by atoms with Gasteiger partial charge in [-0.05, 0) is 39.8 Å². The van der Waals surface area contributed by atoms with Crippen LogP contribution in [0.5, 0.6) is 0 Å². The molecule has 0 radical (unpaired) electrons. The fourth-order valence-electron chi connectivity index (χ4n) is 1.62. The standard InChI is InChI=1S/C11H24O3Si/c1-5-13-15(4,14-6-2)10-8-7-9-11(3)12/h5-10H2,1-4H3. The number of unbranched alkanes of at least 4 members (excludes halogenated alkanes) is 1. The number of hydrogen-bond acceptors (Lipinski definition) is 3. The first kappa shape index (κ1) is 14.8. The highest BCUT2D eigenvalue weighted by atomic mass is 28.4. The summed E-state index contributed by atoms with van der Waals surface area (Å²) in [6, 6.07) is 0.988. The SMILES string of the molecule is CCO[Si](C)(CCCCC(C)=O)OCC. The van der Waals surface area contributed by atoms with Gasteiger partial charge in [0.25, 0.3) is 0 Å². The summed E-state index contributed by atoms with van der Waals surface area (Å²) in [5.41, 5.74) is 0. The third kappa shape index (κ3) is 7.70. The van der Waals surface area contributed by atoms with Gasteiger partial charge < -0.3 is 13.6 Å². The second-order valence-corrected chi connectivity index (χ2v) is 7.25. The number of carbonyl (C=O) groups is 1. The van der Waals surface area contributed by atoms with Crippen molar-refractivity contribution in [2.45, 2.75) is 52.6 Å². The van der Waals surface area contributed by atoms with Crippen LogP contribution in [0, 0.1) is 0 Å². The topological polar surface area (TPSA) is 35.5 Å². The lowest BCUT2D eigenvalue weighted by Crippen LogP contribution is -2.38. The Hall–Kier alpha value is -0.193. The Morgan fingerprint density at radius 3 is 2.07 bits per heavy atom. The highest BCUT2D eigenvalue weighted by Crippen LogP contribution is 2.17. The normalized spacial score (nSPS) is 11.7. The zero-order valence-electron chi connectivity index (χ0n) is 10.5. The van der Waals surface area contributed by atoms with Crippen LogP contribution < -0.4 is 0 Å². The summed E-state index contributed by atoms with van der Waals surface area (Å²) >= 11 is 0. The van der Waals surface area contributed by atoms with E-state index in [1.807, 2.05) is 13.8 Å². The van der Waals surface area contributed by atoms with E-state index >= 15 is 0 Å². The van der Waals surface area contributed by atoms with Crippen LogP contribution in [0.2, 0.25) is 12.6 Å². The first-order valence-corrected chi connectivity index (χ1v) is 8.33. The fourth-order valence-corrected chi connectivity index (χ4v) is 4.10. The predicted octanol–water partition coefficient (Wildman–Crippen LogP) is 2.89. The van der Waals surface area contributed by atoms with E-state index in [9.17, 15) is 4.79 Å². The number of ketones is 1. The summed E-state index contributed by atoms with van der Waals surface area (Å²) in [4.78, 5) is 10.8. The van der Waals surface area contributed by atoms with E-state index in [0.717, 1.165) is 32.1 Å². The third-order valence-electron chi connectivity index (χ3n) is 2.31. The third-order valence-corrected chi connectivity index (χ3v) is 5.37. The van der Waals surface area contributed by atoms with Gasteiger partial charge in [-0.2, -0.15) is 0 Å². The zero-order chi connectivity index (χ0) is 11.7. The predicted molar refractivity (Wildman–Crippen MR) is 64.2 cm³/mol. The van der Waals surface area contributed by atoms with Gasteiger partial charge in [-0.1, -0.05) is 6.42 Å². The van der Waals surface area contributed by atoms with Crippen molar-refractivity contribution in [3.8, 4) is 0 Å². The highest BCUT2D eigenvalue weighted by molar-refractivity contribution is 6.66. The van der Waals surface area contributed by atoms with Crippen molar-refractivity contribution in [2.24, 2.45) is 0 Å². The van der Waals surface area contributed by atoms with Gasteiger partial charge >= 0.3 is 8.56 Å². The molecule has 0 spiro atoms. The maximum atomic E-state index is 10.8. The van der Waals surface area contributed by atoms with Crippen LogP contribution in [-0.4, -0.2) is 27.6 Å². The second kappa shape index (κ2) is 8.02. The molecule has 0 aromatic carbocycles. The van der Waals surface area contributed by atoms with Gasteiger partial charge in [-0.3, -0.25) is 0 Å². The molecule has 0 aliphatic heterocycles. The van der Waals surface area contributed by atoms with Gasteiger partial charge in [0.2, 0.25) is 0 Å². The van der Waals surface area contributed by atoms with Crippen molar-refractivity contribution in [1.29, 1.82) is 0 Å². The Labute approximate surface area is 94.4 Å². The molecule has 0 amide bonds. The second-order valence-electron chi connectivity index (χ2n) is 3.91. The molecule has 0 atom stereocenters. The number of carbonyl (C=O) groups excluding carboxylic acids is 1. The molecular formula is C11H24O3Si. The average Bonchev–Trinajstić information content (AvgIpc) is 2.13. The molecule has 15 heavy (non-hydrogen) atoms. The maximum Gasteiger partial charge on any atom is 0.334 e. The van der Waals surface area contributed by atoms with Crippen LogP contribution in [0.3, 0.4) is 0 Å². The average molecular weight is 232 g/mol. The molecule has 0 aromatic rings. The van der Waals surface area contributed by atoms with E-state index in [0.29, 0.717) is 6.42 Å². The van der Waals surface area contributed by atoms with E-state index in [1.165, 1.54) is 0 Å². The van der Waals surface area contributed by atoms with Crippen LogP contribution >= 0.6 is 0 Å². The van der Waals surface area contributed by atoms with Gasteiger partial charge in [0, 0.05) is 19.6 Å². The van der Waals surface area contributed by atoms with Crippen LogP contribution in [0.15, 0.2) is 0 Å². The highest BCUT2D eigenvalue weighted by Gasteiger charge is 2.29. The molecule has 0 bridgehead atoms. The van der Waals surface area contributed by atoms with Gasteiger partial charge in [0.1, 0.15) is 5.78 Å². The van der Waals surface area contributed by atoms with E-state index in [2.05, 4.69) is 6.55 Å². The van der Waals surface area contributed by atoms with E-state index in [1.54, 1.807) is 6.92 Å². The molecule has 0 heterocycles. The smallest absolute Gasteiger partial charge is 0.334 e. The summed E-state index contributed by atoms with van der Waals surface area (Å²) < 4.78 is 11.4. The lowest BCUT2D eigenvalue weighted by molar-refractivity contribution is -0.117. The number of Topliss-reactive ketones (excluding diaryl/α,β-unsaturated/α-hetero) is 1. The quantitative estimate of drug-likeness (QED) is 0.453. The van der Waals surface area contributed by atoms with Crippen molar-refractivity contribution in [3.63, 3.8) is 0 Å². The minimum Gasteiger partial charge on any atom is -0.395 e. The van der Waals surface area contributed by atoms with Crippen LogP contribution in [0.4, 0.5) is 0 Å². The molecular weight excluding hydrogens is 208 g/mol. The molecule has 0 saturated heterocycles. The Kier molecular flexibility index (Phi) is 7.91. The van der Waals surface area contributed by atoms with Gasteiger partial charge in [0.05, 0.1) is 0 Å². The van der Waals surface area contributed by atoms with Crippen LogP contribution in [0.1, 0.15) is 40.0 Å². The Bertz CT molecular complexity index is 177. The molecule has 0 aliphatic carbocycles. The molecule has 4 heteroatoms.